The maximum Gasteiger partial charge on any atom is 0.144 e. The first-order valence-corrected chi connectivity index (χ1v) is 7.02. The summed E-state index contributed by atoms with van der Waals surface area (Å²) in [6, 6.07) is 7.98. The molecule has 2 aromatic rings. The van der Waals surface area contributed by atoms with Crippen molar-refractivity contribution in [3.8, 4) is 5.75 Å². The number of anilines is 1. The third kappa shape index (κ3) is 2.53. The predicted molar refractivity (Wildman–Crippen MR) is 79.7 cm³/mol. The van der Waals surface area contributed by atoms with Crippen LogP contribution in [0, 0.1) is 5.82 Å². The lowest BCUT2D eigenvalue weighted by Gasteiger charge is -2.28. The van der Waals surface area contributed by atoms with Crippen LogP contribution in [0.1, 0.15) is 11.7 Å². The van der Waals surface area contributed by atoms with Crippen molar-refractivity contribution >= 4 is 40.5 Å². The minimum Gasteiger partial charge on any atom is -0.482 e. The average molecular weight is 333 g/mol. The molecule has 0 saturated heterocycles. The van der Waals surface area contributed by atoms with Gasteiger partial charge in [-0.05, 0) is 24.3 Å². The third-order valence-corrected chi connectivity index (χ3v) is 3.93. The van der Waals surface area contributed by atoms with E-state index in [0.717, 1.165) is 5.69 Å². The maximum atomic E-state index is 13.6. The van der Waals surface area contributed by atoms with Crippen LogP contribution in [0.3, 0.4) is 0 Å². The van der Waals surface area contributed by atoms with Crippen molar-refractivity contribution < 1.29 is 9.13 Å². The first kappa shape index (κ1) is 13.8. The summed E-state index contributed by atoms with van der Waals surface area (Å²) < 4.78 is 19.4. The van der Waals surface area contributed by atoms with Crippen molar-refractivity contribution in [2.75, 3.05) is 11.9 Å². The smallest absolute Gasteiger partial charge is 0.144 e. The zero-order valence-electron chi connectivity index (χ0n) is 10.1. The van der Waals surface area contributed by atoms with E-state index in [1.54, 1.807) is 12.1 Å². The van der Waals surface area contributed by atoms with Gasteiger partial charge >= 0.3 is 0 Å². The minimum atomic E-state index is -0.522. The van der Waals surface area contributed by atoms with Crippen LogP contribution in [0.15, 0.2) is 30.3 Å². The van der Waals surface area contributed by atoms with E-state index in [0.29, 0.717) is 27.9 Å². The zero-order chi connectivity index (χ0) is 14.3. The number of fused-ring (bicyclic) bond motifs is 1. The average Bonchev–Trinajstić information content (AvgIpc) is 2.42. The standard InChI is InChI=1S/C14H9Cl3FNO/c15-7-1-2-12-13(3-7)20-14(6-19-12)8-4-11(18)10(17)5-9(8)16/h1-5,14,19H,6H2. The Morgan fingerprint density at radius 3 is 2.70 bits per heavy atom. The molecule has 1 N–H and O–H groups in total. The summed E-state index contributed by atoms with van der Waals surface area (Å²) in [7, 11) is 0. The van der Waals surface area contributed by atoms with Crippen LogP contribution in [0.4, 0.5) is 10.1 Å². The Morgan fingerprint density at radius 1 is 1.10 bits per heavy atom. The van der Waals surface area contributed by atoms with Crippen LogP contribution < -0.4 is 10.1 Å². The Labute approximate surface area is 130 Å². The number of ether oxygens (including phenoxy) is 1. The van der Waals surface area contributed by atoms with Gasteiger partial charge in [0.05, 0.1) is 17.3 Å². The van der Waals surface area contributed by atoms with Gasteiger partial charge in [-0.15, -0.1) is 0 Å². The normalized spacial score (nSPS) is 17.1. The monoisotopic (exact) mass is 331 g/mol. The molecule has 104 valence electrons. The third-order valence-electron chi connectivity index (χ3n) is 3.08. The molecule has 0 saturated carbocycles. The molecule has 2 nitrogen and oxygen atoms in total. The van der Waals surface area contributed by atoms with E-state index in [4.69, 9.17) is 39.5 Å². The van der Waals surface area contributed by atoms with Crippen molar-refractivity contribution in [3.63, 3.8) is 0 Å². The molecule has 0 spiro atoms. The van der Waals surface area contributed by atoms with Gasteiger partial charge in [0.1, 0.15) is 17.7 Å². The molecule has 2 aromatic carbocycles. The summed E-state index contributed by atoms with van der Waals surface area (Å²) in [5.41, 5.74) is 1.39. The van der Waals surface area contributed by atoms with Crippen molar-refractivity contribution in [1.82, 2.24) is 0 Å². The van der Waals surface area contributed by atoms with E-state index >= 15 is 0 Å². The highest BCUT2D eigenvalue weighted by Gasteiger charge is 2.24. The molecule has 0 aromatic heterocycles. The maximum absolute atomic E-state index is 13.6. The fourth-order valence-electron chi connectivity index (χ4n) is 2.10. The Kier molecular flexibility index (Phi) is 3.67. The molecule has 1 aliphatic rings. The Balaban J connectivity index is 1.96. The van der Waals surface area contributed by atoms with Gasteiger partial charge < -0.3 is 10.1 Å². The van der Waals surface area contributed by atoms with Gasteiger partial charge in [-0.2, -0.15) is 0 Å². The molecule has 0 fully saturated rings. The molecule has 0 amide bonds. The van der Waals surface area contributed by atoms with Gasteiger partial charge in [-0.1, -0.05) is 34.8 Å². The van der Waals surface area contributed by atoms with E-state index in [-0.39, 0.29) is 5.02 Å². The summed E-state index contributed by atoms with van der Waals surface area (Å²) in [5, 5.41) is 4.13. The molecule has 1 atom stereocenters. The molecule has 1 unspecified atom stereocenters. The second-order valence-corrected chi connectivity index (χ2v) is 5.67. The van der Waals surface area contributed by atoms with E-state index in [9.17, 15) is 4.39 Å². The fourth-order valence-corrected chi connectivity index (χ4v) is 2.76. The number of halogens is 4. The Morgan fingerprint density at radius 2 is 1.90 bits per heavy atom. The van der Waals surface area contributed by atoms with Gasteiger partial charge in [0.25, 0.3) is 0 Å². The molecule has 0 bridgehead atoms. The summed E-state index contributed by atoms with van der Waals surface area (Å²) in [5.74, 6) is 0.0896. The highest BCUT2D eigenvalue weighted by molar-refractivity contribution is 6.35. The van der Waals surface area contributed by atoms with Crippen LogP contribution in [-0.2, 0) is 0 Å². The highest BCUT2D eigenvalue weighted by Crippen LogP contribution is 2.38. The number of hydrogen-bond acceptors (Lipinski definition) is 2. The largest absolute Gasteiger partial charge is 0.482 e. The van der Waals surface area contributed by atoms with E-state index < -0.39 is 11.9 Å². The SMILES string of the molecule is Fc1cc(C2CNc3ccc(Cl)cc3O2)c(Cl)cc1Cl. The van der Waals surface area contributed by atoms with Crippen molar-refractivity contribution in [2.24, 2.45) is 0 Å². The molecule has 0 aliphatic carbocycles. The van der Waals surface area contributed by atoms with Crippen LogP contribution in [0.25, 0.3) is 0 Å². The Bertz CT molecular complexity index is 678. The molecule has 20 heavy (non-hydrogen) atoms. The lowest BCUT2D eigenvalue weighted by Crippen LogP contribution is -2.24. The molecule has 1 aliphatic heterocycles. The van der Waals surface area contributed by atoms with Crippen molar-refractivity contribution in [2.45, 2.75) is 6.10 Å². The first-order valence-electron chi connectivity index (χ1n) is 5.89. The van der Waals surface area contributed by atoms with Gasteiger partial charge in [0.15, 0.2) is 0 Å². The van der Waals surface area contributed by atoms with Crippen LogP contribution in [0.2, 0.25) is 15.1 Å². The van der Waals surface area contributed by atoms with Crippen molar-refractivity contribution in [3.05, 3.63) is 56.8 Å². The molecular weight excluding hydrogens is 324 g/mol. The van der Waals surface area contributed by atoms with Crippen LogP contribution in [-0.4, -0.2) is 6.54 Å². The number of rotatable bonds is 1. The van der Waals surface area contributed by atoms with Crippen LogP contribution >= 0.6 is 34.8 Å². The van der Waals surface area contributed by atoms with Crippen molar-refractivity contribution in [1.29, 1.82) is 0 Å². The number of hydrogen-bond donors (Lipinski definition) is 1. The molecule has 0 radical (unpaired) electrons. The summed E-state index contributed by atoms with van der Waals surface area (Å²) in [6.45, 7) is 0.482. The minimum absolute atomic E-state index is 0.00837. The number of benzene rings is 2. The quantitative estimate of drug-likeness (QED) is 0.713. The van der Waals surface area contributed by atoms with Gasteiger partial charge in [0, 0.05) is 21.7 Å². The first-order chi connectivity index (χ1) is 9.54. The molecular formula is C14H9Cl3FNO. The summed E-state index contributed by atoms with van der Waals surface area (Å²) >= 11 is 17.7. The second-order valence-electron chi connectivity index (χ2n) is 4.42. The highest BCUT2D eigenvalue weighted by atomic mass is 35.5. The summed E-state index contributed by atoms with van der Waals surface area (Å²) in [4.78, 5) is 0. The van der Waals surface area contributed by atoms with Gasteiger partial charge in [-0.25, -0.2) is 4.39 Å². The summed E-state index contributed by atoms with van der Waals surface area (Å²) in [6.07, 6.45) is -0.403. The zero-order valence-corrected chi connectivity index (χ0v) is 12.4. The topological polar surface area (TPSA) is 21.3 Å². The Hall–Kier alpha value is -1.16. The lowest BCUT2D eigenvalue weighted by molar-refractivity contribution is 0.210. The van der Waals surface area contributed by atoms with Gasteiger partial charge in [0.2, 0.25) is 0 Å². The van der Waals surface area contributed by atoms with Crippen LogP contribution in [0.5, 0.6) is 5.75 Å². The van der Waals surface area contributed by atoms with E-state index in [1.807, 2.05) is 6.07 Å². The molecule has 3 rings (SSSR count). The number of nitrogens with one attached hydrogen (secondary N) is 1. The van der Waals surface area contributed by atoms with E-state index in [1.165, 1.54) is 12.1 Å². The predicted octanol–water partition coefficient (Wildman–Crippen LogP) is 5.33. The van der Waals surface area contributed by atoms with Gasteiger partial charge in [-0.3, -0.25) is 0 Å². The fraction of sp³-hybridized carbons (Fsp3) is 0.143. The lowest BCUT2D eigenvalue weighted by atomic mass is 10.1. The second kappa shape index (κ2) is 5.32. The molecule has 6 heteroatoms. The molecule has 1 heterocycles. The van der Waals surface area contributed by atoms with E-state index in [2.05, 4.69) is 5.32 Å².